The molecule has 3 fully saturated rings. The van der Waals surface area contributed by atoms with Crippen LogP contribution >= 0.6 is 24.0 Å². The van der Waals surface area contributed by atoms with Crippen molar-refractivity contribution >= 4 is 29.9 Å². The summed E-state index contributed by atoms with van der Waals surface area (Å²) in [6.45, 7) is 0. The highest BCUT2D eigenvalue weighted by molar-refractivity contribution is 6.30. The Balaban J connectivity index is 0.00000169. The Morgan fingerprint density at radius 2 is 1.88 bits per heavy atom. The summed E-state index contributed by atoms with van der Waals surface area (Å²) in [5, 5.41) is 4.14. The van der Waals surface area contributed by atoms with Crippen molar-refractivity contribution in [3.05, 3.63) is 34.9 Å². The summed E-state index contributed by atoms with van der Waals surface area (Å²) < 4.78 is 0. The predicted molar refractivity (Wildman–Crippen MR) is 99.5 cm³/mol. The zero-order valence-electron chi connectivity index (χ0n) is 13.8. The molecule has 3 nitrogen and oxygen atoms in total. The molecular formula is C19H26Cl2N2O. The van der Waals surface area contributed by atoms with E-state index < -0.39 is 0 Å². The maximum atomic E-state index is 12.7. The zero-order chi connectivity index (χ0) is 16.0. The molecule has 24 heavy (non-hydrogen) atoms. The molecule has 0 aromatic heterocycles. The first-order valence-corrected chi connectivity index (χ1v) is 9.31. The van der Waals surface area contributed by atoms with Gasteiger partial charge in [-0.25, -0.2) is 0 Å². The lowest BCUT2D eigenvalue weighted by Gasteiger charge is -2.45. The molecule has 4 rings (SSSR count). The number of hydrogen-bond donors (Lipinski definition) is 2. The van der Waals surface area contributed by atoms with Crippen molar-refractivity contribution < 1.29 is 4.79 Å². The molecule has 3 N–H and O–H groups in total. The Morgan fingerprint density at radius 3 is 2.54 bits per heavy atom. The van der Waals surface area contributed by atoms with E-state index in [1.807, 2.05) is 18.2 Å². The number of rotatable bonds is 3. The zero-order valence-corrected chi connectivity index (χ0v) is 15.4. The van der Waals surface area contributed by atoms with Gasteiger partial charge < -0.3 is 11.1 Å². The molecule has 0 heterocycles. The van der Waals surface area contributed by atoms with Crippen molar-refractivity contribution in [1.82, 2.24) is 5.32 Å². The van der Waals surface area contributed by atoms with Gasteiger partial charge >= 0.3 is 0 Å². The van der Waals surface area contributed by atoms with Gasteiger partial charge in [0.2, 0.25) is 5.91 Å². The second-order valence-electron chi connectivity index (χ2n) is 7.72. The largest absolute Gasteiger partial charge is 0.353 e. The van der Waals surface area contributed by atoms with Crippen molar-refractivity contribution in [3.63, 3.8) is 0 Å². The lowest BCUT2D eigenvalue weighted by molar-refractivity contribution is -0.124. The molecule has 3 aliphatic rings. The Bertz CT molecular complexity index is 595. The maximum Gasteiger partial charge on any atom is 0.223 e. The SMILES string of the molecule is Cl.NC1CC2CCCC(C1)C2NC(=O)C1CC1c1cccc(Cl)c1. The molecule has 4 unspecified atom stereocenters. The van der Waals surface area contributed by atoms with E-state index in [0.717, 1.165) is 24.3 Å². The molecule has 3 saturated carbocycles. The number of fused-ring (bicyclic) bond motifs is 2. The van der Waals surface area contributed by atoms with Gasteiger partial charge in [0.15, 0.2) is 0 Å². The summed E-state index contributed by atoms with van der Waals surface area (Å²) in [6, 6.07) is 8.62. The Hall–Kier alpha value is -0.770. The first kappa shape index (κ1) is 18.0. The van der Waals surface area contributed by atoms with Crippen LogP contribution in [-0.2, 0) is 4.79 Å². The van der Waals surface area contributed by atoms with E-state index in [4.69, 9.17) is 17.3 Å². The monoisotopic (exact) mass is 368 g/mol. The van der Waals surface area contributed by atoms with Gasteiger partial charge in [-0.3, -0.25) is 4.79 Å². The van der Waals surface area contributed by atoms with E-state index in [2.05, 4.69) is 11.4 Å². The van der Waals surface area contributed by atoms with Gasteiger partial charge in [0, 0.05) is 23.0 Å². The lowest BCUT2D eigenvalue weighted by Crippen LogP contribution is -2.54. The van der Waals surface area contributed by atoms with Gasteiger partial charge in [-0.1, -0.05) is 30.2 Å². The molecule has 0 aliphatic heterocycles. The number of amides is 1. The molecule has 1 aromatic rings. The third-order valence-electron chi connectivity index (χ3n) is 6.09. The number of nitrogens with one attached hydrogen (secondary N) is 1. The Kier molecular flexibility index (Phi) is 5.43. The molecule has 2 bridgehead atoms. The van der Waals surface area contributed by atoms with Crippen LogP contribution < -0.4 is 11.1 Å². The third kappa shape index (κ3) is 3.58. The normalized spacial score (nSPS) is 37.2. The first-order chi connectivity index (χ1) is 11.1. The van der Waals surface area contributed by atoms with E-state index in [0.29, 0.717) is 29.8 Å². The van der Waals surface area contributed by atoms with E-state index in [1.165, 1.54) is 24.8 Å². The second kappa shape index (κ2) is 7.23. The van der Waals surface area contributed by atoms with Gasteiger partial charge in [0.05, 0.1) is 0 Å². The van der Waals surface area contributed by atoms with Crippen molar-refractivity contribution in [2.75, 3.05) is 0 Å². The summed E-state index contributed by atoms with van der Waals surface area (Å²) in [6.07, 6.45) is 6.83. The minimum Gasteiger partial charge on any atom is -0.353 e. The maximum absolute atomic E-state index is 12.7. The minimum absolute atomic E-state index is 0. The Labute approximate surface area is 155 Å². The summed E-state index contributed by atoms with van der Waals surface area (Å²) in [7, 11) is 0. The number of carbonyl (C=O) groups is 1. The summed E-state index contributed by atoms with van der Waals surface area (Å²) in [4.78, 5) is 12.7. The van der Waals surface area contributed by atoms with Crippen LogP contribution in [0.15, 0.2) is 24.3 Å². The molecule has 0 radical (unpaired) electrons. The topological polar surface area (TPSA) is 55.1 Å². The highest BCUT2D eigenvalue weighted by atomic mass is 35.5. The number of halogens is 2. The molecule has 0 spiro atoms. The van der Waals surface area contributed by atoms with Crippen LogP contribution in [0.1, 0.15) is 50.0 Å². The summed E-state index contributed by atoms with van der Waals surface area (Å²) in [5.41, 5.74) is 7.37. The number of hydrogen-bond acceptors (Lipinski definition) is 2. The average molecular weight is 369 g/mol. The van der Waals surface area contributed by atoms with E-state index in [1.54, 1.807) is 0 Å². The molecule has 1 aromatic carbocycles. The fourth-order valence-electron chi connectivity index (χ4n) is 4.89. The lowest BCUT2D eigenvalue weighted by atomic mass is 9.67. The number of benzene rings is 1. The van der Waals surface area contributed by atoms with Crippen LogP contribution in [0.25, 0.3) is 0 Å². The van der Waals surface area contributed by atoms with Crippen LogP contribution in [0, 0.1) is 17.8 Å². The highest BCUT2D eigenvalue weighted by Gasteiger charge is 2.47. The van der Waals surface area contributed by atoms with Gasteiger partial charge in [0.1, 0.15) is 0 Å². The third-order valence-corrected chi connectivity index (χ3v) is 6.32. The molecule has 5 heteroatoms. The van der Waals surface area contributed by atoms with E-state index in [-0.39, 0.29) is 24.2 Å². The number of carbonyl (C=O) groups excluding carboxylic acids is 1. The van der Waals surface area contributed by atoms with Gasteiger partial charge in [-0.05, 0) is 67.6 Å². The van der Waals surface area contributed by atoms with Crippen LogP contribution in [0.5, 0.6) is 0 Å². The fraction of sp³-hybridized carbons (Fsp3) is 0.632. The van der Waals surface area contributed by atoms with Crippen LogP contribution in [0.3, 0.4) is 0 Å². The van der Waals surface area contributed by atoms with Gasteiger partial charge in [-0.15, -0.1) is 12.4 Å². The van der Waals surface area contributed by atoms with Gasteiger partial charge in [0.25, 0.3) is 0 Å². The molecular weight excluding hydrogens is 343 g/mol. The average Bonchev–Trinajstić information content (AvgIpc) is 3.29. The van der Waals surface area contributed by atoms with Crippen molar-refractivity contribution in [1.29, 1.82) is 0 Å². The molecule has 0 saturated heterocycles. The summed E-state index contributed by atoms with van der Waals surface area (Å²) >= 11 is 6.07. The first-order valence-electron chi connectivity index (χ1n) is 8.93. The predicted octanol–water partition coefficient (Wildman–Crippen LogP) is 3.89. The standard InChI is InChI=1S/C19H25ClN2O.ClH/c20-14-6-2-3-11(7-14)16-10-17(16)19(23)22-18-12-4-1-5-13(18)9-15(21)8-12;/h2-3,6-7,12-13,15-18H,1,4-5,8-10,21H2,(H,22,23);1H. The number of nitrogens with two attached hydrogens (primary N) is 1. The van der Waals surface area contributed by atoms with E-state index in [9.17, 15) is 4.79 Å². The molecule has 4 atom stereocenters. The van der Waals surface area contributed by atoms with Crippen LogP contribution in [0.2, 0.25) is 5.02 Å². The van der Waals surface area contributed by atoms with Crippen molar-refractivity contribution in [3.8, 4) is 0 Å². The smallest absolute Gasteiger partial charge is 0.223 e. The van der Waals surface area contributed by atoms with Crippen LogP contribution in [-0.4, -0.2) is 18.0 Å². The highest BCUT2D eigenvalue weighted by Crippen LogP contribution is 2.48. The second-order valence-corrected chi connectivity index (χ2v) is 8.16. The fourth-order valence-corrected chi connectivity index (χ4v) is 5.09. The van der Waals surface area contributed by atoms with Crippen molar-refractivity contribution in [2.24, 2.45) is 23.5 Å². The molecule has 132 valence electrons. The van der Waals surface area contributed by atoms with Gasteiger partial charge in [-0.2, -0.15) is 0 Å². The molecule has 3 aliphatic carbocycles. The minimum atomic E-state index is 0. The quantitative estimate of drug-likeness (QED) is 0.849. The molecule has 1 amide bonds. The summed E-state index contributed by atoms with van der Waals surface area (Å²) in [5.74, 6) is 1.89. The van der Waals surface area contributed by atoms with E-state index >= 15 is 0 Å². The van der Waals surface area contributed by atoms with Crippen LogP contribution in [0.4, 0.5) is 0 Å². The Morgan fingerprint density at radius 1 is 1.17 bits per heavy atom. The van der Waals surface area contributed by atoms with Crippen molar-refractivity contribution in [2.45, 2.75) is 56.5 Å².